The van der Waals surface area contributed by atoms with E-state index >= 15 is 0 Å². The summed E-state index contributed by atoms with van der Waals surface area (Å²) < 4.78 is 0. The molecule has 0 aliphatic carbocycles. The Hall–Kier alpha value is -0.970. The maximum atomic E-state index is 9.06. The second kappa shape index (κ2) is 9.10. The van der Waals surface area contributed by atoms with E-state index in [9.17, 15) is 0 Å². The summed E-state index contributed by atoms with van der Waals surface area (Å²) in [5.74, 6) is 0. The lowest BCUT2D eigenvalue weighted by atomic mass is 10.3. The monoisotopic (exact) mass is 237 g/mol. The topological polar surface area (TPSA) is 39.6 Å². The zero-order valence-electron chi connectivity index (χ0n) is 10.6. The predicted molar refractivity (Wildman–Crippen MR) is 68.9 cm³/mol. The highest BCUT2D eigenvalue weighted by Gasteiger charge is 2.13. The molecule has 0 radical (unpaired) electrons. The van der Waals surface area contributed by atoms with Gasteiger partial charge in [-0.05, 0) is 25.1 Å². The van der Waals surface area contributed by atoms with Crippen molar-refractivity contribution in [2.45, 2.75) is 19.8 Å². The SMILES string of the molecule is CCCCN1CCN(O)CC1.c1ccncc1. The van der Waals surface area contributed by atoms with Crippen molar-refractivity contribution >= 4 is 0 Å². The minimum absolute atomic E-state index is 0.809. The van der Waals surface area contributed by atoms with Crippen LogP contribution < -0.4 is 0 Å². The third-order valence-electron chi connectivity index (χ3n) is 2.74. The molecule has 2 rings (SSSR count). The lowest BCUT2D eigenvalue weighted by Crippen LogP contribution is -2.44. The number of piperazine rings is 1. The molecular weight excluding hydrogens is 214 g/mol. The Bertz CT molecular complexity index is 231. The molecular formula is C13H23N3O. The summed E-state index contributed by atoms with van der Waals surface area (Å²) in [4.78, 5) is 6.20. The summed E-state index contributed by atoms with van der Waals surface area (Å²) in [6, 6.07) is 5.72. The molecule has 0 amide bonds. The van der Waals surface area contributed by atoms with Gasteiger partial charge in [0.2, 0.25) is 0 Å². The molecule has 1 saturated heterocycles. The van der Waals surface area contributed by atoms with E-state index in [1.807, 2.05) is 18.2 Å². The Morgan fingerprint density at radius 2 is 1.71 bits per heavy atom. The van der Waals surface area contributed by atoms with Crippen molar-refractivity contribution in [1.29, 1.82) is 0 Å². The van der Waals surface area contributed by atoms with Crippen LogP contribution >= 0.6 is 0 Å². The zero-order valence-corrected chi connectivity index (χ0v) is 10.6. The van der Waals surface area contributed by atoms with E-state index < -0.39 is 0 Å². The average molecular weight is 237 g/mol. The van der Waals surface area contributed by atoms with Crippen molar-refractivity contribution in [2.24, 2.45) is 0 Å². The zero-order chi connectivity index (χ0) is 12.3. The molecule has 1 aliphatic rings. The molecule has 0 atom stereocenters. The highest BCUT2D eigenvalue weighted by molar-refractivity contribution is 4.88. The first-order valence-corrected chi connectivity index (χ1v) is 6.34. The van der Waals surface area contributed by atoms with E-state index in [2.05, 4.69) is 16.8 Å². The smallest absolute Gasteiger partial charge is 0.0366 e. The molecule has 2 heterocycles. The summed E-state index contributed by atoms with van der Waals surface area (Å²) in [5, 5.41) is 10.5. The molecule has 0 spiro atoms. The van der Waals surface area contributed by atoms with Crippen molar-refractivity contribution in [2.75, 3.05) is 32.7 Å². The molecule has 17 heavy (non-hydrogen) atoms. The van der Waals surface area contributed by atoms with Crippen LogP contribution in [-0.2, 0) is 0 Å². The Balaban J connectivity index is 0.000000202. The fraction of sp³-hybridized carbons (Fsp3) is 0.615. The first-order valence-electron chi connectivity index (χ1n) is 6.34. The van der Waals surface area contributed by atoms with Crippen LogP contribution in [-0.4, -0.2) is 52.9 Å². The molecule has 96 valence electrons. The van der Waals surface area contributed by atoms with Crippen molar-refractivity contribution in [3.63, 3.8) is 0 Å². The first kappa shape index (κ1) is 14.1. The number of hydroxylamine groups is 2. The predicted octanol–water partition coefficient (Wildman–Crippen LogP) is 1.87. The Kier molecular flexibility index (Phi) is 7.54. The van der Waals surface area contributed by atoms with Crippen LogP contribution in [0.4, 0.5) is 0 Å². The highest BCUT2D eigenvalue weighted by Crippen LogP contribution is 2.00. The third kappa shape index (κ3) is 7.05. The largest absolute Gasteiger partial charge is 0.314 e. The fourth-order valence-electron chi connectivity index (χ4n) is 1.66. The molecule has 0 unspecified atom stereocenters. The van der Waals surface area contributed by atoms with Crippen LogP contribution in [0.15, 0.2) is 30.6 Å². The molecule has 0 aromatic carbocycles. The first-order chi connectivity index (χ1) is 8.33. The number of hydrogen-bond acceptors (Lipinski definition) is 4. The molecule has 0 bridgehead atoms. The van der Waals surface area contributed by atoms with E-state index in [1.54, 1.807) is 12.4 Å². The van der Waals surface area contributed by atoms with Crippen LogP contribution in [0.25, 0.3) is 0 Å². The number of hydrogen-bond donors (Lipinski definition) is 1. The Morgan fingerprint density at radius 1 is 1.06 bits per heavy atom. The Labute approximate surface area is 104 Å². The molecule has 1 fully saturated rings. The molecule has 4 nitrogen and oxygen atoms in total. The fourth-order valence-corrected chi connectivity index (χ4v) is 1.66. The maximum Gasteiger partial charge on any atom is 0.0366 e. The molecule has 1 aromatic rings. The summed E-state index contributed by atoms with van der Waals surface area (Å²) in [6.07, 6.45) is 6.05. The van der Waals surface area contributed by atoms with Gasteiger partial charge in [-0.25, -0.2) is 0 Å². The van der Waals surface area contributed by atoms with Gasteiger partial charge in [0.15, 0.2) is 0 Å². The van der Waals surface area contributed by atoms with Gasteiger partial charge in [0.25, 0.3) is 0 Å². The van der Waals surface area contributed by atoms with Gasteiger partial charge in [0, 0.05) is 38.6 Å². The standard InChI is InChI=1S/C8H18N2O.C5H5N/c1-2-3-4-9-5-7-10(11)8-6-9;1-2-4-6-5-3-1/h11H,2-8H2,1H3;1-5H. The summed E-state index contributed by atoms with van der Waals surface area (Å²) in [6.45, 7) is 7.08. The van der Waals surface area contributed by atoms with Gasteiger partial charge < -0.3 is 10.1 Å². The molecule has 0 saturated carbocycles. The van der Waals surface area contributed by atoms with Crippen LogP contribution in [0, 0.1) is 0 Å². The van der Waals surface area contributed by atoms with E-state index in [-0.39, 0.29) is 0 Å². The van der Waals surface area contributed by atoms with Crippen LogP contribution in [0.5, 0.6) is 0 Å². The van der Waals surface area contributed by atoms with E-state index in [0.29, 0.717) is 0 Å². The highest BCUT2D eigenvalue weighted by atomic mass is 16.5. The van der Waals surface area contributed by atoms with Gasteiger partial charge in [0.05, 0.1) is 0 Å². The van der Waals surface area contributed by atoms with Crippen LogP contribution in [0.3, 0.4) is 0 Å². The van der Waals surface area contributed by atoms with E-state index in [0.717, 1.165) is 26.2 Å². The number of aromatic nitrogens is 1. The molecule has 4 heteroatoms. The molecule has 1 aromatic heterocycles. The number of unbranched alkanes of at least 4 members (excludes halogenated alkanes) is 1. The van der Waals surface area contributed by atoms with Gasteiger partial charge in [0.1, 0.15) is 0 Å². The van der Waals surface area contributed by atoms with Gasteiger partial charge >= 0.3 is 0 Å². The number of pyridine rings is 1. The summed E-state index contributed by atoms with van der Waals surface area (Å²) >= 11 is 0. The normalized spacial score (nSPS) is 17.3. The van der Waals surface area contributed by atoms with Gasteiger partial charge in [-0.1, -0.05) is 19.4 Å². The maximum absolute atomic E-state index is 9.06. The van der Waals surface area contributed by atoms with Gasteiger partial charge in [-0.3, -0.25) is 4.98 Å². The second-order valence-corrected chi connectivity index (χ2v) is 4.17. The summed E-state index contributed by atoms with van der Waals surface area (Å²) in [7, 11) is 0. The van der Waals surface area contributed by atoms with Crippen molar-refractivity contribution in [3.05, 3.63) is 30.6 Å². The molecule has 1 aliphatic heterocycles. The van der Waals surface area contributed by atoms with Crippen LogP contribution in [0.1, 0.15) is 19.8 Å². The average Bonchev–Trinajstić information content (AvgIpc) is 2.41. The minimum atomic E-state index is 0.809. The van der Waals surface area contributed by atoms with E-state index in [4.69, 9.17) is 5.21 Å². The number of rotatable bonds is 3. The van der Waals surface area contributed by atoms with Crippen molar-refractivity contribution in [3.8, 4) is 0 Å². The lowest BCUT2D eigenvalue weighted by Gasteiger charge is -2.30. The minimum Gasteiger partial charge on any atom is -0.314 e. The summed E-state index contributed by atoms with van der Waals surface area (Å²) in [5.41, 5.74) is 0. The van der Waals surface area contributed by atoms with Crippen molar-refractivity contribution in [1.82, 2.24) is 14.9 Å². The van der Waals surface area contributed by atoms with Crippen molar-refractivity contribution < 1.29 is 5.21 Å². The Morgan fingerprint density at radius 3 is 2.12 bits per heavy atom. The third-order valence-corrected chi connectivity index (χ3v) is 2.74. The van der Waals surface area contributed by atoms with Gasteiger partial charge in [-0.15, -0.1) is 0 Å². The lowest BCUT2D eigenvalue weighted by molar-refractivity contribution is -0.117. The quantitative estimate of drug-likeness (QED) is 0.871. The second-order valence-electron chi connectivity index (χ2n) is 4.17. The van der Waals surface area contributed by atoms with E-state index in [1.165, 1.54) is 24.4 Å². The van der Waals surface area contributed by atoms with Gasteiger partial charge in [-0.2, -0.15) is 5.06 Å². The van der Waals surface area contributed by atoms with Crippen LogP contribution in [0.2, 0.25) is 0 Å². The molecule has 1 N–H and O–H groups in total. The number of nitrogens with zero attached hydrogens (tertiary/aromatic N) is 3.